The second kappa shape index (κ2) is 6.07. The van der Waals surface area contributed by atoms with E-state index in [0.29, 0.717) is 12.8 Å². The van der Waals surface area contributed by atoms with E-state index in [1.165, 1.54) is 11.1 Å². The fourth-order valence-corrected chi connectivity index (χ4v) is 4.45. The summed E-state index contributed by atoms with van der Waals surface area (Å²) >= 11 is 0. The highest BCUT2D eigenvalue weighted by Gasteiger charge is 2.33. The Morgan fingerprint density at radius 1 is 1.04 bits per heavy atom. The third-order valence-electron chi connectivity index (χ3n) is 5.82. The summed E-state index contributed by atoms with van der Waals surface area (Å²) in [7, 11) is 0. The topological polar surface area (TPSA) is 83.2 Å². The molecule has 1 fully saturated rings. The second-order valence-corrected chi connectivity index (χ2v) is 7.38. The zero-order valence-corrected chi connectivity index (χ0v) is 14.4. The third-order valence-corrected chi connectivity index (χ3v) is 5.82. The first-order chi connectivity index (χ1) is 12.7. The van der Waals surface area contributed by atoms with Crippen LogP contribution in [-0.2, 0) is 6.42 Å². The molecule has 5 rings (SSSR count). The molecular formula is C20H22N4O2. The van der Waals surface area contributed by atoms with E-state index in [2.05, 4.69) is 44.1 Å². The molecule has 1 saturated carbocycles. The maximum absolute atomic E-state index is 9.87. The summed E-state index contributed by atoms with van der Waals surface area (Å²) in [6.45, 7) is 0. The van der Waals surface area contributed by atoms with Crippen molar-refractivity contribution in [3.05, 3.63) is 54.0 Å². The van der Waals surface area contributed by atoms with Gasteiger partial charge in [0.25, 0.3) is 0 Å². The standard InChI is InChI=1S/C20H22N4O2/c25-17-9-13(10-18(17)26)24-8-7-15-19(21-11-22-20(15)24)23-16-6-5-12-3-1-2-4-14(12)16/h1-4,7-8,11,13,16-18,25-26H,5-6,9-10H2,(H,21,22,23)/t13-,16-,17+,18-/m0/s1. The molecule has 2 aliphatic carbocycles. The largest absolute Gasteiger partial charge is 0.390 e. The number of aliphatic hydroxyl groups is 2. The minimum atomic E-state index is -0.660. The van der Waals surface area contributed by atoms with Crippen molar-refractivity contribution in [3.63, 3.8) is 0 Å². The molecule has 2 heterocycles. The molecule has 2 aliphatic rings. The molecule has 3 aromatic rings. The summed E-state index contributed by atoms with van der Waals surface area (Å²) in [6, 6.07) is 10.9. The van der Waals surface area contributed by atoms with Crippen molar-refractivity contribution < 1.29 is 10.2 Å². The number of benzene rings is 1. The van der Waals surface area contributed by atoms with E-state index in [0.717, 1.165) is 29.7 Å². The molecule has 0 radical (unpaired) electrons. The van der Waals surface area contributed by atoms with Crippen LogP contribution in [-0.4, -0.2) is 37.0 Å². The van der Waals surface area contributed by atoms with E-state index in [9.17, 15) is 10.2 Å². The van der Waals surface area contributed by atoms with E-state index in [-0.39, 0.29) is 12.1 Å². The minimum Gasteiger partial charge on any atom is -0.390 e. The molecule has 0 spiro atoms. The molecule has 3 N–H and O–H groups in total. The van der Waals surface area contributed by atoms with Gasteiger partial charge in [-0.1, -0.05) is 24.3 Å². The number of rotatable bonds is 3. The van der Waals surface area contributed by atoms with Crippen LogP contribution in [0.5, 0.6) is 0 Å². The van der Waals surface area contributed by atoms with Crippen LogP contribution in [0.2, 0.25) is 0 Å². The van der Waals surface area contributed by atoms with Crippen LogP contribution in [0.15, 0.2) is 42.9 Å². The highest BCUT2D eigenvalue weighted by molar-refractivity contribution is 5.87. The molecule has 4 atom stereocenters. The maximum Gasteiger partial charge on any atom is 0.145 e. The molecule has 0 saturated heterocycles. The van der Waals surface area contributed by atoms with Crippen LogP contribution < -0.4 is 5.32 Å². The first-order valence-electron chi connectivity index (χ1n) is 9.22. The van der Waals surface area contributed by atoms with Crippen LogP contribution in [0, 0.1) is 0 Å². The fourth-order valence-electron chi connectivity index (χ4n) is 4.45. The van der Waals surface area contributed by atoms with Crippen LogP contribution in [0.3, 0.4) is 0 Å². The lowest BCUT2D eigenvalue weighted by molar-refractivity contribution is 0.0438. The predicted molar refractivity (Wildman–Crippen MR) is 98.9 cm³/mol. The molecule has 134 valence electrons. The normalized spacial score (nSPS) is 27.8. The van der Waals surface area contributed by atoms with Crippen LogP contribution in [0.4, 0.5) is 5.82 Å². The average Bonchev–Trinajstić information content (AvgIpc) is 3.34. The second-order valence-electron chi connectivity index (χ2n) is 7.38. The summed E-state index contributed by atoms with van der Waals surface area (Å²) < 4.78 is 2.06. The number of fused-ring (bicyclic) bond motifs is 2. The maximum atomic E-state index is 9.87. The summed E-state index contributed by atoms with van der Waals surface area (Å²) in [4.78, 5) is 8.94. The van der Waals surface area contributed by atoms with Gasteiger partial charge in [0.1, 0.15) is 17.8 Å². The Kier molecular flexibility index (Phi) is 3.69. The highest BCUT2D eigenvalue weighted by atomic mass is 16.3. The lowest BCUT2D eigenvalue weighted by Gasteiger charge is -2.16. The van der Waals surface area contributed by atoms with Gasteiger partial charge in [0, 0.05) is 12.2 Å². The quantitative estimate of drug-likeness (QED) is 0.676. The summed E-state index contributed by atoms with van der Waals surface area (Å²) in [5.41, 5.74) is 3.60. The predicted octanol–water partition coefficient (Wildman–Crippen LogP) is 2.59. The van der Waals surface area contributed by atoms with Crippen LogP contribution in [0.1, 0.15) is 42.5 Å². The SMILES string of the molecule is O[C@@H]1C[C@H](n2ccc3c(N[C@H]4CCc5ccccc54)ncnc32)C[C@@H]1O. The van der Waals surface area contributed by atoms with Crippen molar-refractivity contribution in [1.82, 2.24) is 14.5 Å². The van der Waals surface area contributed by atoms with Crippen LogP contribution in [0.25, 0.3) is 11.0 Å². The average molecular weight is 350 g/mol. The Labute approximate surface area is 151 Å². The molecule has 0 aliphatic heterocycles. The third kappa shape index (κ3) is 2.48. The van der Waals surface area contributed by atoms with Gasteiger partial charge >= 0.3 is 0 Å². The number of anilines is 1. The molecule has 0 unspecified atom stereocenters. The van der Waals surface area contributed by atoms with Crippen molar-refractivity contribution in [2.75, 3.05) is 5.32 Å². The van der Waals surface area contributed by atoms with E-state index in [4.69, 9.17) is 0 Å². The Morgan fingerprint density at radius 3 is 2.69 bits per heavy atom. The Bertz CT molecular complexity index is 944. The summed E-state index contributed by atoms with van der Waals surface area (Å²) in [5, 5.41) is 24.3. The Morgan fingerprint density at radius 2 is 1.85 bits per heavy atom. The first kappa shape index (κ1) is 15.8. The minimum absolute atomic E-state index is 0.0625. The number of hydrogen-bond donors (Lipinski definition) is 3. The van der Waals surface area contributed by atoms with Crippen molar-refractivity contribution in [2.45, 2.75) is 50.0 Å². The monoisotopic (exact) mass is 350 g/mol. The summed E-state index contributed by atoms with van der Waals surface area (Å²) in [5.74, 6) is 0.842. The molecule has 0 amide bonds. The molecule has 2 aromatic heterocycles. The molecule has 6 heteroatoms. The first-order valence-corrected chi connectivity index (χ1v) is 9.22. The fraction of sp³-hybridized carbons (Fsp3) is 0.400. The summed E-state index contributed by atoms with van der Waals surface area (Å²) in [6.07, 6.45) is 5.50. The number of aromatic nitrogens is 3. The number of hydrogen-bond acceptors (Lipinski definition) is 5. The van der Waals surface area contributed by atoms with Gasteiger partial charge < -0.3 is 20.1 Å². The molecule has 0 bridgehead atoms. The molecule has 1 aromatic carbocycles. The number of aryl methyl sites for hydroxylation is 1. The van der Waals surface area contributed by atoms with Crippen molar-refractivity contribution in [2.24, 2.45) is 0 Å². The van der Waals surface area contributed by atoms with E-state index < -0.39 is 12.2 Å². The smallest absolute Gasteiger partial charge is 0.145 e. The van der Waals surface area contributed by atoms with Gasteiger partial charge in [-0.2, -0.15) is 0 Å². The molecule has 6 nitrogen and oxygen atoms in total. The van der Waals surface area contributed by atoms with Crippen molar-refractivity contribution >= 4 is 16.9 Å². The Balaban J connectivity index is 1.47. The number of nitrogens with zero attached hydrogens (tertiary/aromatic N) is 3. The van der Waals surface area contributed by atoms with Gasteiger partial charge in [-0.25, -0.2) is 9.97 Å². The zero-order chi connectivity index (χ0) is 17.7. The van der Waals surface area contributed by atoms with Gasteiger partial charge in [0.2, 0.25) is 0 Å². The zero-order valence-electron chi connectivity index (χ0n) is 14.4. The highest BCUT2D eigenvalue weighted by Crippen LogP contribution is 2.37. The van der Waals surface area contributed by atoms with Gasteiger partial charge in [-0.3, -0.25) is 0 Å². The lowest BCUT2D eigenvalue weighted by Crippen LogP contribution is -2.17. The van der Waals surface area contributed by atoms with E-state index in [1.54, 1.807) is 6.33 Å². The van der Waals surface area contributed by atoms with E-state index >= 15 is 0 Å². The molecule has 26 heavy (non-hydrogen) atoms. The number of nitrogens with one attached hydrogen (secondary N) is 1. The molecular weight excluding hydrogens is 328 g/mol. The van der Waals surface area contributed by atoms with Crippen molar-refractivity contribution in [3.8, 4) is 0 Å². The van der Waals surface area contributed by atoms with Crippen LogP contribution >= 0.6 is 0 Å². The van der Waals surface area contributed by atoms with Gasteiger partial charge in [-0.05, 0) is 42.9 Å². The Hall–Kier alpha value is -2.44. The number of aliphatic hydroxyl groups excluding tert-OH is 2. The van der Waals surface area contributed by atoms with E-state index in [1.807, 2.05) is 12.3 Å². The van der Waals surface area contributed by atoms with Crippen molar-refractivity contribution in [1.29, 1.82) is 0 Å². The van der Waals surface area contributed by atoms with Gasteiger partial charge in [-0.15, -0.1) is 0 Å². The van der Waals surface area contributed by atoms with Gasteiger partial charge in [0.15, 0.2) is 0 Å². The van der Waals surface area contributed by atoms with Gasteiger partial charge in [0.05, 0.1) is 23.6 Å². The lowest BCUT2D eigenvalue weighted by atomic mass is 10.1.